The van der Waals surface area contributed by atoms with Gasteiger partial charge in [-0.1, -0.05) is 0 Å². The molecular weight excluding hydrogens is 247 g/mol. The first kappa shape index (κ1) is 29.2. The molecule has 0 aliphatic heterocycles. The molecule has 0 unspecified atom stereocenters. The van der Waals surface area contributed by atoms with E-state index in [1.54, 1.807) is 0 Å². The van der Waals surface area contributed by atoms with Gasteiger partial charge in [-0.05, 0) is 0 Å². The van der Waals surface area contributed by atoms with E-state index < -0.39 is 0 Å². The number of hydrogen-bond acceptors (Lipinski definition) is 3. The average molecular weight is 264 g/mol. The van der Waals surface area contributed by atoms with Crippen molar-refractivity contribution < 1.29 is 41.5 Å². The van der Waals surface area contributed by atoms with E-state index >= 15 is 0 Å². The minimum Gasteiger partial charge on any atom is -0.857 e. The smallest absolute Gasteiger partial charge is 0.857 e. The molecule has 77 valence electrons. The molecule has 0 bridgehead atoms. The fourth-order valence-corrected chi connectivity index (χ4v) is 0.321. The van der Waals surface area contributed by atoms with Gasteiger partial charge in [0, 0.05) is 0 Å². The van der Waals surface area contributed by atoms with Crippen molar-refractivity contribution in [3.8, 4) is 0 Å². The molecule has 0 aromatic heterocycles. The summed E-state index contributed by atoms with van der Waals surface area (Å²) in [4.78, 5) is 0. The molecule has 1 rings (SSSR count). The van der Waals surface area contributed by atoms with Crippen molar-refractivity contribution in [3.63, 3.8) is 0 Å². The van der Waals surface area contributed by atoms with Crippen LogP contribution in [0.1, 0.15) is 0 Å². The molecule has 0 saturated heterocycles. The van der Waals surface area contributed by atoms with Gasteiger partial charge in [-0.3, -0.25) is 0 Å². The van der Waals surface area contributed by atoms with Crippen LogP contribution in [0.2, 0.25) is 0 Å². The van der Waals surface area contributed by atoms with Crippen LogP contribution in [0.5, 0.6) is 0 Å². The molecule has 3 nitrogen and oxygen atoms in total. The fraction of sp³-hybridized carbons (Fsp3) is 0.333. The predicted molar refractivity (Wildman–Crippen MR) is 46.2 cm³/mol. The van der Waals surface area contributed by atoms with E-state index in [-0.39, 0.29) is 33.6 Å². The average Bonchev–Trinajstić information content (AvgIpc) is 2.71. The molecule has 0 aliphatic carbocycles. The Morgan fingerprint density at radius 2 is 1.00 bits per heavy atom. The molecule has 0 heterocycles. The van der Waals surface area contributed by atoms with Crippen LogP contribution in [0.3, 0.4) is 0 Å². The van der Waals surface area contributed by atoms with Crippen LogP contribution in [-0.4, -0.2) is 21.3 Å². The number of rotatable bonds is 0. The van der Waals surface area contributed by atoms with Crippen LogP contribution in [0.4, 0.5) is 0 Å². The third kappa shape index (κ3) is 47.4. The minimum absolute atomic E-state index is 0. The maximum atomic E-state index is 8.25. The van der Waals surface area contributed by atoms with Crippen LogP contribution < -0.4 is 15.3 Å². The van der Waals surface area contributed by atoms with E-state index in [2.05, 4.69) is 0 Å². The summed E-state index contributed by atoms with van der Waals surface area (Å²) in [6.45, 7) is 0. The summed E-state index contributed by atoms with van der Waals surface area (Å²) in [5.41, 5.74) is 0. The zero-order valence-electron chi connectivity index (χ0n) is 8.61. The first-order valence-corrected chi connectivity index (χ1v) is 2.89. The maximum Gasteiger partial charge on any atom is 3.00 e. The van der Waals surface area contributed by atoms with E-state index in [1.807, 2.05) is 30.3 Å². The number of hydrogen-bond donors (Lipinski definition) is 0. The van der Waals surface area contributed by atoms with Gasteiger partial charge in [0.25, 0.3) is 0 Å². The molecule has 1 radical (unpaired) electrons. The molecule has 0 spiro atoms. The Morgan fingerprint density at radius 1 is 0.769 bits per heavy atom. The fourth-order valence-electron chi connectivity index (χ4n) is 0.321. The zero-order chi connectivity index (χ0) is 9.54. The summed E-state index contributed by atoms with van der Waals surface area (Å²) in [5.74, 6) is 0. The second kappa shape index (κ2) is 57.2. The second-order valence-corrected chi connectivity index (χ2v) is 0.962. The van der Waals surface area contributed by atoms with Crippen LogP contribution in [0.15, 0.2) is 30.3 Å². The Hall–Kier alpha value is 0.113. The third-order valence-electron chi connectivity index (χ3n) is 0.556. The molecule has 0 N–H and O–H groups in total. The second-order valence-electron chi connectivity index (χ2n) is 0.962. The largest absolute Gasteiger partial charge is 3.00 e. The topological polar surface area (TPSA) is 69.2 Å². The molecule has 4 heteroatoms. The minimum atomic E-state index is 0. The van der Waals surface area contributed by atoms with E-state index in [9.17, 15) is 0 Å². The van der Waals surface area contributed by atoms with Gasteiger partial charge in [-0.15, -0.1) is 0 Å². The molecule has 0 amide bonds. The summed E-state index contributed by atoms with van der Waals surface area (Å²) in [6, 6.07) is 10.0. The molecule has 0 atom stereocenters. The Labute approximate surface area is 101 Å². The van der Waals surface area contributed by atoms with Crippen molar-refractivity contribution in [1.82, 2.24) is 0 Å². The van der Waals surface area contributed by atoms with E-state index in [4.69, 9.17) is 15.3 Å². The van der Waals surface area contributed by atoms with Gasteiger partial charge < -0.3 is 22.7 Å². The van der Waals surface area contributed by atoms with Gasteiger partial charge in [0.05, 0.1) is 0 Å². The zero-order valence-corrected chi connectivity index (χ0v) is 11.1. The molecule has 1 aromatic rings. The van der Waals surface area contributed by atoms with Crippen molar-refractivity contribution in [3.05, 3.63) is 37.8 Å². The first-order chi connectivity index (χ1) is 5.50. The van der Waals surface area contributed by atoms with E-state index in [0.717, 1.165) is 21.3 Å². The van der Waals surface area contributed by atoms with Gasteiger partial charge in [0.1, 0.15) is 0 Å². The summed E-state index contributed by atoms with van der Waals surface area (Å²) in [7, 11) is 2.25. The monoisotopic (exact) mass is 263 g/mol. The summed E-state index contributed by atoms with van der Waals surface area (Å²) >= 11 is 0. The van der Waals surface area contributed by atoms with Crippen molar-refractivity contribution in [2.24, 2.45) is 0 Å². The van der Waals surface area contributed by atoms with E-state index in [1.165, 1.54) is 0 Å². The molecule has 13 heavy (non-hydrogen) atoms. The molecule has 0 aliphatic rings. The van der Waals surface area contributed by atoms with Crippen LogP contribution in [-0.2, 0) is 26.2 Å². The molecule has 0 saturated carbocycles. The van der Waals surface area contributed by atoms with Crippen molar-refractivity contribution in [1.29, 1.82) is 0 Å². The Bertz CT molecular complexity index is 71.3. The Kier molecular flexibility index (Phi) is 129. The molecular formula is C9H17O3Zr-2. The summed E-state index contributed by atoms with van der Waals surface area (Å²) < 4.78 is 0. The first-order valence-electron chi connectivity index (χ1n) is 2.89. The third-order valence-corrected chi connectivity index (χ3v) is 0.556. The molecule has 1 aromatic carbocycles. The van der Waals surface area contributed by atoms with Crippen LogP contribution in [0, 0.1) is 7.43 Å². The van der Waals surface area contributed by atoms with Crippen LogP contribution >= 0.6 is 0 Å². The van der Waals surface area contributed by atoms with Gasteiger partial charge in [-0.25, -0.2) is 12.1 Å². The van der Waals surface area contributed by atoms with Crippen molar-refractivity contribution >= 4 is 0 Å². The van der Waals surface area contributed by atoms with Gasteiger partial charge in [0.2, 0.25) is 0 Å². The predicted octanol–water partition coefficient (Wildman–Crippen LogP) is -1.22. The van der Waals surface area contributed by atoms with Crippen molar-refractivity contribution in [2.45, 2.75) is 0 Å². The van der Waals surface area contributed by atoms with Crippen LogP contribution in [0.25, 0.3) is 0 Å². The quantitative estimate of drug-likeness (QED) is 0.552. The normalized spacial score (nSPS) is 4.46. The van der Waals surface area contributed by atoms with Gasteiger partial charge in [0.15, 0.2) is 0 Å². The maximum absolute atomic E-state index is 8.25. The SMILES string of the molecule is C[O-].C[O-].C[O-].[CH3-].[Zr+3].c1cc[cH-]c1. The summed E-state index contributed by atoms with van der Waals surface area (Å²) in [6.07, 6.45) is 0. The Morgan fingerprint density at radius 3 is 1.08 bits per heavy atom. The van der Waals surface area contributed by atoms with Gasteiger partial charge >= 0.3 is 26.2 Å². The van der Waals surface area contributed by atoms with E-state index in [0.29, 0.717) is 0 Å². The summed E-state index contributed by atoms with van der Waals surface area (Å²) in [5, 5.41) is 24.8. The van der Waals surface area contributed by atoms with Crippen molar-refractivity contribution in [2.75, 3.05) is 21.3 Å². The molecule has 0 fully saturated rings. The Balaban J connectivity index is -0.0000000239. The van der Waals surface area contributed by atoms with Gasteiger partial charge in [-0.2, -0.15) is 39.5 Å². The standard InChI is InChI=1S/C5H5.3CH3O.CH3.Zr/c1-2-4-5-3-1;3*1-2;;/h1-5H;3*1H3;1H3;/q5*-1;+3.